The zero-order chi connectivity index (χ0) is 22.9. The number of benzene rings is 1. The van der Waals surface area contributed by atoms with E-state index in [9.17, 15) is 10.1 Å². The van der Waals surface area contributed by atoms with Crippen LogP contribution in [0.3, 0.4) is 0 Å². The number of nitrogens with zero attached hydrogens (tertiary/aromatic N) is 6. The van der Waals surface area contributed by atoms with Gasteiger partial charge in [0.15, 0.2) is 5.69 Å². The second-order valence-electron chi connectivity index (χ2n) is 8.58. The van der Waals surface area contributed by atoms with E-state index in [1.807, 2.05) is 6.07 Å². The molecule has 1 amide bonds. The first kappa shape index (κ1) is 22.0. The van der Waals surface area contributed by atoms with Crippen LogP contribution in [0.4, 0.5) is 0 Å². The van der Waals surface area contributed by atoms with Gasteiger partial charge in [-0.1, -0.05) is 23.7 Å². The van der Waals surface area contributed by atoms with E-state index in [1.54, 1.807) is 34.3 Å². The fraction of sp³-hybridized carbons (Fsp3) is 0.435. The molecule has 0 saturated heterocycles. The molecule has 1 aromatic carbocycles. The van der Waals surface area contributed by atoms with Gasteiger partial charge in [-0.15, -0.1) is 16.4 Å². The third-order valence-electron chi connectivity index (χ3n) is 6.42. The number of halogens is 1. The molecule has 33 heavy (non-hydrogen) atoms. The highest BCUT2D eigenvalue weighted by Gasteiger charge is 2.33. The molecule has 0 radical (unpaired) electrons. The number of carbonyl (C=O) groups is 1. The largest absolute Gasteiger partial charge is 0.348 e. The van der Waals surface area contributed by atoms with E-state index in [1.165, 1.54) is 10.6 Å². The van der Waals surface area contributed by atoms with Crippen LogP contribution in [0.2, 0.25) is 5.02 Å². The van der Waals surface area contributed by atoms with Gasteiger partial charge in [0, 0.05) is 35.5 Å². The average molecular weight is 482 g/mol. The van der Waals surface area contributed by atoms with Crippen LogP contribution >= 0.6 is 22.9 Å². The standard InChI is InChI=1S/C23H24ClN7OS/c1-2-30-6-5-19-21(12-30)33-22(27-19)13-31-11-20(28-29-31)23(32)26-17-7-15(8-17)18-9-16(24)4-3-14(18)10-25/h3-4,9,11,15,17H,2,5-8,12-13H2,1H3,(H,26,32)/t15-,17+. The molecule has 0 unspecified atom stereocenters. The molecular formula is C23H24ClN7OS. The number of carbonyl (C=O) groups excluding carboxylic acids is 1. The Hall–Kier alpha value is -2.80. The Kier molecular flexibility index (Phi) is 6.15. The number of thiazole rings is 1. The summed E-state index contributed by atoms with van der Waals surface area (Å²) in [4.78, 5) is 21.2. The van der Waals surface area contributed by atoms with Gasteiger partial charge < -0.3 is 5.32 Å². The van der Waals surface area contributed by atoms with Crippen molar-refractivity contribution in [2.24, 2.45) is 0 Å². The number of hydrogen-bond acceptors (Lipinski definition) is 7. The van der Waals surface area contributed by atoms with E-state index in [-0.39, 0.29) is 17.9 Å². The molecule has 5 rings (SSSR count). The van der Waals surface area contributed by atoms with Gasteiger partial charge in [0.25, 0.3) is 5.91 Å². The minimum atomic E-state index is -0.228. The molecule has 1 aliphatic heterocycles. The van der Waals surface area contributed by atoms with Gasteiger partial charge in [-0.3, -0.25) is 9.69 Å². The van der Waals surface area contributed by atoms with Crippen molar-refractivity contribution in [1.82, 2.24) is 30.2 Å². The van der Waals surface area contributed by atoms with Crippen molar-refractivity contribution in [3.8, 4) is 6.07 Å². The first-order valence-electron chi connectivity index (χ1n) is 11.1. The Balaban J connectivity index is 1.16. The van der Waals surface area contributed by atoms with Crippen molar-refractivity contribution in [2.45, 2.75) is 51.2 Å². The lowest BCUT2D eigenvalue weighted by molar-refractivity contribution is 0.0903. The first-order valence-corrected chi connectivity index (χ1v) is 12.3. The van der Waals surface area contributed by atoms with Gasteiger partial charge in [-0.25, -0.2) is 9.67 Å². The van der Waals surface area contributed by atoms with Crippen molar-refractivity contribution in [2.75, 3.05) is 13.1 Å². The minimum Gasteiger partial charge on any atom is -0.348 e. The number of fused-ring (bicyclic) bond motifs is 1. The Morgan fingerprint density at radius 2 is 2.24 bits per heavy atom. The van der Waals surface area contributed by atoms with Crippen molar-refractivity contribution in [3.63, 3.8) is 0 Å². The molecule has 170 valence electrons. The maximum absolute atomic E-state index is 12.6. The maximum atomic E-state index is 12.6. The number of nitriles is 1. The van der Waals surface area contributed by atoms with Crippen molar-refractivity contribution >= 4 is 28.8 Å². The molecule has 1 N–H and O–H groups in total. The Morgan fingerprint density at radius 1 is 1.39 bits per heavy atom. The Morgan fingerprint density at radius 3 is 3.03 bits per heavy atom. The van der Waals surface area contributed by atoms with E-state index in [0.29, 0.717) is 22.8 Å². The summed E-state index contributed by atoms with van der Waals surface area (Å²) < 4.78 is 1.67. The molecule has 0 spiro atoms. The zero-order valence-corrected chi connectivity index (χ0v) is 19.9. The van der Waals surface area contributed by atoms with Crippen LogP contribution in [-0.2, 0) is 19.5 Å². The summed E-state index contributed by atoms with van der Waals surface area (Å²) in [6, 6.07) is 7.60. The summed E-state index contributed by atoms with van der Waals surface area (Å²) in [5.74, 6) is -0.00720. The van der Waals surface area contributed by atoms with Crippen molar-refractivity contribution < 1.29 is 4.79 Å². The summed E-state index contributed by atoms with van der Waals surface area (Å²) in [5, 5.41) is 22.2. The Labute approximate surface area is 201 Å². The number of amides is 1. The lowest BCUT2D eigenvalue weighted by atomic mass is 9.74. The normalized spacial score (nSPS) is 20.0. The van der Waals surface area contributed by atoms with Gasteiger partial charge in [0.2, 0.25) is 0 Å². The highest BCUT2D eigenvalue weighted by Crippen LogP contribution is 2.39. The van der Waals surface area contributed by atoms with Crippen LogP contribution in [-0.4, -0.2) is 49.9 Å². The van der Waals surface area contributed by atoms with E-state index < -0.39 is 0 Å². The zero-order valence-electron chi connectivity index (χ0n) is 18.3. The predicted octanol–water partition coefficient (Wildman–Crippen LogP) is 3.36. The second-order valence-corrected chi connectivity index (χ2v) is 10.2. The topological polar surface area (TPSA) is 99.7 Å². The molecule has 8 nitrogen and oxygen atoms in total. The van der Waals surface area contributed by atoms with Crippen molar-refractivity contribution in [3.05, 3.63) is 61.8 Å². The monoisotopic (exact) mass is 481 g/mol. The van der Waals surface area contributed by atoms with Crippen LogP contribution in [0.1, 0.15) is 62.9 Å². The first-order chi connectivity index (χ1) is 16.0. The quantitative estimate of drug-likeness (QED) is 0.579. The lowest BCUT2D eigenvalue weighted by Crippen LogP contribution is -2.43. The number of rotatable bonds is 6. The highest BCUT2D eigenvalue weighted by atomic mass is 35.5. The SMILES string of the molecule is CCN1CCc2nc(Cn3cc(C(=O)N[C@H]4C[C@@H](c5cc(Cl)ccc5C#N)C4)nn3)sc2C1. The molecule has 3 heterocycles. The minimum absolute atomic E-state index is 0.0466. The van der Waals surface area contributed by atoms with Crippen LogP contribution in [0, 0.1) is 11.3 Å². The van der Waals surface area contributed by atoms with E-state index in [4.69, 9.17) is 16.6 Å². The summed E-state index contributed by atoms with van der Waals surface area (Å²) in [5.41, 5.74) is 3.09. The molecule has 1 fully saturated rings. The summed E-state index contributed by atoms with van der Waals surface area (Å²) in [6.07, 6.45) is 4.20. The van der Waals surface area contributed by atoms with Gasteiger partial charge in [0.1, 0.15) is 5.01 Å². The van der Waals surface area contributed by atoms with Crippen LogP contribution < -0.4 is 5.32 Å². The fourth-order valence-electron chi connectivity index (χ4n) is 4.48. The number of aromatic nitrogens is 4. The number of likely N-dealkylation sites (N-methyl/N-ethyl adjacent to an activating group) is 1. The number of nitrogens with one attached hydrogen (secondary N) is 1. The van der Waals surface area contributed by atoms with Crippen LogP contribution in [0.15, 0.2) is 24.4 Å². The summed E-state index contributed by atoms with van der Waals surface area (Å²) in [7, 11) is 0. The lowest BCUT2D eigenvalue weighted by Gasteiger charge is -2.36. The van der Waals surface area contributed by atoms with E-state index >= 15 is 0 Å². The molecule has 0 bridgehead atoms. The van der Waals surface area contributed by atoms with Crippen LogP contribution in [0.5, 0.6) is 0 Å². The molecular weight excluding hydrogens is 458 g/mol. The molecule has 1 saturated carbocycles. The molecule has 10 heteroatoms. The van der Waals surface area contributed by atoms with Gasteiger partial charge >= 0.3 is 0 Å². The van der Waals surface area contributed by atoms with E-state index in [0.717, 1.165) is 49.5 Å². The molecule has 0 atom stereocenters. The predicted molar refractivity (Wildman–Crippen MR) is 125 cm³/mol. The third-order valence-corrected chi connectivity index (χ3v) is 7.72. The number of hydrogen-bond donors (Lipinski definition) is 1. The van der Waals surface area contributed by atoms with Gasteiger partial charge in [0.05, 0.1) is 30.1 Å². The maximum Gasteiger partial charge on any atom is 0.273 e. The summed E-state index contributed by atoms with van der Waals surface area (Å²) >= 11 is 7.82. The van der Waals surface area contributed by atoms with E-state index in [2.05, 4.69) is 33.5 Å². The smallest absolute Gasteiger partial charge is 0.273 e. The molecule has 2 aromatic heterocycles. The Bertz CT molecular complexity index is 1220. The third kappa shape index (κ3) is 4.64. The fourth-order valence-corrected chi connectivity index (χ4v) is 5.81. The highest BCUT2D eigenvalue weighted by molar-refractivity contribution is 7.11. The summed E-state index contributed by atoms with van der Waals surface area (Å²) in [6.45, 7) is 5.76. The molecule has 1 aliphatic carbocycles. The molecule has 2 aliphatic rings. The molecule has 3 aromatic rings. The second kappa shape index (κ2) is 9.21. The van der Waals surface area contributed by atoms with Crippen molar-refractivity contribution in [1.29, 1.82) is 5.26 Å². The average Bonchev–Trinajstić information content (AvgIpc) is 3.42. The van der Waals surface area contributed by atoms with Gasteiger partial charge in [-0.2, -0.15) is 5.26 Å². The van der Waals surface area contributed by atoms with Crippen LogP contribution in [0.25, 0.3) is 0 Å². The van der Waals surface area contributed by atoms with Gasteiger partial charge in [-0.05, 0) is 49.1 Å².